The number of halogens is 1. The lowest BCUT2D eigenvalue weighted by molar-refractivity contribution is 0.0933. The van der Waals surface area contributed by atoms with Crippen LogP contribution in [-0.4, -0.2) is 120 Å². The van der Waals surface area contributed by atoms with Crippen LogP contribution in [0.4, 0.5) is 4.39 Å². The molecule has 658 valence electrons. The standard InChI is InChI=1S/C28H28FN5O3.2C23H27N5O3.C22H23N3O3/c1-19-5-4-6-21(13-19)28(11-2-3-12-28)18-33-17-24(35)26(36)25(32-33)27(37)30-14-20-15-31-34(16-20)23-9-7-22(29)8-10-23;1-16-6-5-7-18(10-16)23(8-3-4-9-23)15-28-14-19(29)21(30)20(26-28)22(31)24-11-17-12-25-27(2)13-17;1-15-6-5-7-17(10-15)23(8-3-4-9-23)14-28-13-19(29)21(30)20(27-28)22(31)24-12-18-11-16(2)25-26-18;1-15-7-6-10-17(11-15)18(12-16-8-4-3-5-9-16)13-25-14-19(26)21(27)20(24-25)22(28)23-2/h4-10,13,15-17,35H,2-3,11-12,14,18H2,1H3,(H,30,37);5-7,10,12-14,29H,3-4,8-9,11,15H2,1-2H3,(H,24,31);5-7,10-11,13,29H,3-4,8-9,12,14H2,1-2H3,(H,24,31)(H,25,26);3-11,14,18,26H,12-13H2,1-2H3,(H,23,28). The molecule has 7 aromatic heterocycles. The van der Waals surface area contributed by atoms with Gasteiger partial charge in [-0.3, -0.25) is 66.9 Å². The van der Waals surface area contributed by atoms with Crippen LogP contribution >= 0.6 is 0 Å². The van der Waals surface area contributed by atoms with E-state index in [1.165, 1.54) is 97.0 Å². The number of aryl methyl sites for hydroxylation is 6. The van der Waals surface area contributed by atoms with Crippen LogP contribution < -0.4 is 43.0 Å². The molecule has 30 nitrogen and oxygen atoms in total. The van der Waals surface area contributed by atoms with E-state index in [1.54, 1.807) is 64.1 Å². The van der Waals surface area contributed by atoms with Gasteiger partial charge in [0.25, 0.3) is 45.3 Å². The van der Waals surface area contributed by atoms with Gasteiger partial charge in [0, 0.05) is 85.1 Å². The average molecular weight is 1720 g/mol. The van der Waals surface area contributed by atoms with Crippen molar-refractivity contribution in [3.8, 4) is 28.7 Å². The Morgan fingerprint density at radius 2 is 0.835 bits per heavy atom. The van der Waals surface area contributed by atoms with E-state index in [-0.39, 0.29) is 70.4 Å². The summed E-state index contributed by atoms with van der Waals surface area (Å²) in [4.78, 5) is 99.6. The van der Waals surface area contributed by atoms with Crippen molar-refractivity contribution in [2.24, 2.45) is 7.05 Å². The summed E-state index contributed by atoms with van der Waals surface area (Å²) >= 11 is 0. The first-order chi connectivity index (χ1) is 61.0. The van der Waals surface area contributed by atoms with E-state index in [0.29, 0.717) is 43.1 Å². The van der Waals surface area contributed by atoms with E-state index in [9.17, 15) is 63.2 Å². The van der Waals surface area contributed by atoms with Gasteiger partial charge in [0.1, 0.15) is 5.82 Å². The fourth-order valence-electron chi connectivity index (χ4n) is 17.2. The molecule has 0 radical (unpaired) electrons. The highest BCUT2D eigenvalue weighted by atomic mass is 19.1. The van der Waals surface area contributed by atoms with E-state index < -0.39 is 68.3 Å². The van der Waals surface area contributed by atoms with Crippen LogP contribution in [0.15, 0.2) is 226 Å². The molecule has 13 aromatic rings. The topological polar surface area (TPSA) is 401 Å². The second-order valence-corrected chi connectivity index (χ2v) is 33.4. The van der Waals surface area contributed by atoms with E-state index in [2.05, 4.69) is 174 Å². The van der Waals surface area contributed by atoms with Gasteiger partial charge < -0.3 is 41.7 Å². The summed E-state index contributed by atoms with van der Waals surface area (Å²) in [5.41, 5.74) is 9.47. The Hall–Kier alpha value is -14.5. The van der Waals surface area contributed by atoms with Gasteiger partial charge in [0.15, 0.2) is 45.8 Å². The highest BCUT2D eigenvalue weighted by molar-refractivity contribution is 5.94. The fraction of sp³-hybridized carbons (Fsp3) is 0.323. The maximum Gasteiger partial charge on any atom is 0.276 e. The molecule has 1 atom stereocenters. The molecular weight excluding hydrogens is 1620 g/mol. The smallest absolute Gasteiger partial charge is 0.276 e. The molecule has 31 heteroatoms. The summed E-state index contributed by atoms with van der Waals surface area (Å²) in [6.45, 7) is 12.4. The largest absolute Gasteiger partial charge is 0.503 e. The number of aromatic amines is 1. The van der Waals surface area contributed by atoms with Gasteiger partial charge in [0.2, 0.25) is 0 Å². The number of aromatic nitrogens is 14. The SMILES string of the molecule is CNC(=O)c1nn(CC(Cc2ccccc2)c2cccc(C)c2)cc(O)c1=O.Cc1cccc(C2(Cn3cc(O)c(=O)c(C(=O)NCc4cc(C)[nH]n4)n3)CCCC2)c1.Cc1cccc(C2(Cn3cc(O)c(=O)c(C(=O)NCc4cnn(-c5ccc(F)cc5)c4)n3)CCCC2)c1.Cc1cccc(C2(Cn3cc(O)c(=O)c(C(=O)NCc4cnn(C)c4)n3)CCCC2)c1. The van der Waals surface area contributed by atoms with Crippen molar-refractivity contribution in [2.45, 2.75) is 186 Å². The van der Waals surface area contributed by atoms with E-state index in [1.807, 2.05) is 50.2 Å². The zero-order chi connectivity index (χ0) is 90.1. The third kappa shape index (κ3) is 22.5. The number of amides is 4. The van der Waals surface area contributed by atoms with Gasteiger partial charge in [0.05, 0.1) is 74.7 Å². The summed E-state index contributed by atoms with van der Waals surface area (Å²) < 4.78 is 22.4. The van der Waals surface area contributed by atoms with Crippen molar-refractivity contribution in [1.29, 1.82) is 0 Å². The lowest BCUT2D eigenvalue weighted by Gasteiger charge is -2.30. The molecule has 6 aromatic carbocycles. The van der Waals surface area contributed by atoms with Gasteiger partial charge in [-0.15, -0.1) is 0 Å². The van der Waals surface area contributed by atoms with Crippen LogP contribution in [0.5, 0.6) is 23.0 Å². The molecule has 16 rings (SSSR count). The number of hydrogen-bond donors (Lipinski definition) is 9. The Morgan fingerprint density at radius 1 is 0.441 bits per heavy atom. The van der Waals surface area contributed by atoms with Crippen molar-refractivity contribution < 1.29 is 44.0 Å². The lowest BCUT2D eigenvalue weighted by Crippen LogP contribution is -2.34. The maximum atomic E-state index is 13.2. The number of nitrogens with one attached hydrogen (secondary N) is 5. The number of nitrogens with zero attached hydrogens (tertiary/aromatic N) is 13. The summed E-state index contributed by atoms with van der Waals surface area (Å²) in [5.74, 6) is -4.80. The Morgan fingerprint density at radius 3 is 1.24 bits per heavy atom. The fourth-order valence-corrected chi connectivity index (χ4v) is 17.2. The molecular formula is C96H105FN18O12. The van der Waals surface area contributed by atoms with Crippen LogP contribution in [-0.2, 0) is 75.5 Å². The second kappa shape index (κ2) is 40.4. The monoisotopic (exact) mass is 1720 g/mol. The first kappa shape index (κ1) is 90.2. The molecule has 3 saturated carbocycles. The number of hydrogen-bond acceptors (Lipinski definition) is 19. The van der Waals surface area contributed by atoms with Gasteiger partial charge in [-0.05, 0) is 138 Å². The second-order valence-electron chi connectivity index (χ2n) is 33.4. The molecule has 0 aliphatic heterocycles. The normalized spacial score (nSPS) is 14.2. The van der Waals surface area contributed by atoms with Gasteiger partial charge in [-0.1, -0.05) is 188 Å². The number of aromatic hydroxyl groups is 4. The van der Waals surface area contributed by atoms with E-state index >= 15 is 0 Å². The van der Waals surface area contributed by atoms with Gasteiger partial charge >= 0.3 is 0 Å². The van der Waals surface area contributed by atoms with Crippen molar-refractivity contribution >= 4 is 23.6 Å². The first-order valence-corrected chi connectivity index (χ1v) is 42.4. The maximum absolute atomic E-state index is 13.2. The van der Waals surface area contributed by atoms with Crippen LogP contribution in [0.2, 0.25) is 0 Å². The minimum atomic E-state index is -0.813. The molecule has 3 aliphatic carbocycles. The van der Waals surface area contributed by atoms with Crippen LogP contribution in [0, 0.1) is 40.4 Å². The third-order valence-electron chi connectivity index (χ3n) is 23.7. The average Bonchev–Trinajstić information content (AvgIpc) is 1.72. The molecule has 9 N–H and O–H groups in total. The van der Waals surface area contributed by atoms with Crippen LogP contribution in [0.3, 0.4) is 0 Å². The minimum Gasteiger partial charge on any atom is -0.503 e. The number of H-pyrrole nitrogens is 1. The molecule has 7 heterocycles. The summed E-state index contributed by atoms with van der Waals surface area (Å²) in [7, 11) is 3.21. The third-order valence-corrected chi connectivity index (χ3v) is 23.7. The van der Waals surface area contributed by atoms with E-state index in [0.717, 1.165) is 106 Å². The first-order valence-electron chi connectivity index (χ1n) is 42.4. The molecule has 0 spiro atoms. The predicted octanol–water partition coefficient (Wildman–Crippen LogP) is 11.8. The highest BCUT2D eigenvalue weighted by Gasteiger charge is 2.40. The van der Waals surface area contributed by atoms with Gasteiger partial charge in [-0.2, -0.15) is 35.7 Å². The number of benzene rings is 6. The number of carbonyl (C=O) groups excluding carboxylic acids is 4. The molecule has 0 saturated heterocycles. The highest BCUT2D eigenvalue weighted by Crippen LogP contribution is 2.45. The lowest BCUT2D eigenvalue weighted by atomic mass is 9.78. The number of rotatable bonds is 25. The minimum absolute atomic E-state index is 0.0502. The molecule has 4 amide bonds. The zero-order valence-electron chi connectivity index (χ0n) is 72.1. The van der Waals surface area contributed by atoms with Crippen LogP contribution in [0.1, 0.15) is 198 Å². The Labute approximate surface area is 732 Å². The quantitative estimate of drug-likeness (QED) is 0.0257. The Kier molecular flexibility index (Phi) is 28.7. The molecule has 1 unspecified atom stereocenters. The van der Waals surface area contributed by atoms with Gasteiger partial charge in [-0.25, -0.2) is 9.07 Å². The Bertz CT molecular complexity index is 6170. The van der Waals surface area contributed by atoms with Crippen molar-refractivity contribution in [1.82, 2.24) is 90.1 Å². The van der Waals surface area contributed by atoms with Crippen LogP contribution in [0.25, 0.3) is 5.69 Å². The zero-order valence-corrected chi connectivity index (χ0v) is 72.1. The Balaban J connectivity index is 0.000000146. The van der Waals surface area contributed by atoms with Crippen molar-refractivity contribution in [3.63, 3.8) is 0 Å². The molecule has 0 bridgehead atoms. The summed E-state index contributed by atoms with van der Waals surface area (Å²) in [5, 5.41) is 83.5. The predicted molar refractivity (Wildman–Crippen MR) is 476 cm³/mol. The summed E-state index contributed by atoms with van der Waals surface area (Å²) in [6.07, 6.45) is 25.2. The molecule has 127 heavy (non-hydrogen) atoms. The van der Waals surface area contributed by atoms with Crippen molar-refractivity contribution in [3.05, 3.63) is 349 Å². The summed E-state index contributed by atoms with van der Waals surface area (Å²) in [6, 6.07) is 51.3. The van der Waals surface area contributed by atoms with E-state index in [4.69, 9.17) is 0 Å². The number of carbonyl (C=O) groups is 4. The molecule has 3 fully saturated rings. The molecule has 3 aliphatic rings. The van der Waals surface area contributed by atoms with Crippen molar-refractivity contribution in [2.75, 3.05) is 7.05 Å².